The SMILES string of the molecule is Cc1nn(CC(=O)OCC(=O)N[C@@H](C)c2ccc(Cl)cc2)c(C)c1[N+](=O)[O-]. The Morgan fingerprint density at radius 1 is 1.33 bits per heavy atom. The Morgan fingerprint density at radius 2 is 1.96 bits per heavy atom. The van der Waals surface area contributed by atoms with Crippen LogP contribution in [0.2, 0.25) is 5.02 Å². The molecule has 10 heteroatoms. The van der Waals surface area contributed by atoms with E-state index in [-0.39, 0.29) is 29.7 Å². The molecule has 0 fully saturated rings. The van der Waals surface area contributed by atoms with Crippen molar-refractivity contribution in [2.75, 3.05) is 6.61 Å². The highest BCUT2D eigenvalue weighted by atomic mass is 35.5. The molecule has 1 N–H and O–H groups in total. The van der Waals surface area contributed by atoms with Gasteiger partial charge in [0.25, 0.3) is 5.91 Å². The number of aryl methyl sites for hydroxylation is 1. The molecule has 0 aliphatic carbocycles. The van der Waals surface area contributed by atoms with E-state index < -0.39 is 23.4 Å². The van der Waals surface area contributed by atoms with Gasteiger partial charge in [0, 0.05) is 5.02 Å². The Bertz CT molecular complexity index is 863. The fourth-order valence-electron chi connectivity index (χ4n) is 2.54. The summed E-state index contributed by atoms with van der Waals surface area (Å²) in [5, 5.41) is 18.2. The number of carbonyl (C=O) groups excluding carboxylic acids is 2. The number of esters is 1. The van der Waals surface area contributed by atoms with Crippen molar-refractivity contribution in [1.82, 2.24) is 15.1 Å². The minimum atomic E-state index is -0.718. The number of nitrogens with one attached hydrogen (secondary N) is 1. The molecule has 1 heterocycles. The van der Waals surface area contributed by atoms with Gasteiger partial charge in [0.15, 0.2) is 6.61 Å². The highest BCUT2D eigenvalue weighted by molar-refractivity contribution is 6.30. The summed E-state index contributed by atoms with van der Waals surface area (Å²) in [4.78, 5) is 34.3. The average Bonchev–Trinajstić information content (AvgIpc) is 2.87. The number of benzene rings is 1. The summed E-state index contributed by atoms with van der Waals surface area (Å²) in [6, 6.07) is 6.72. The van der Waals surface area contributed by atoms with Crippen LogP contribution in [0.15, 0.2) is 24.3 Å². The number of halogens is 1. The second-order valence-electron chi connectivity index (χ2n) is 5.94. The van der Waals surface area contributed by atoms with Crippen molar-refractivity contribution >= 4 is 29.2 Å². The Hall–Kier alpha value is -2.94. The van der Waals surface area contributed by atoms with Crippen molar-refractivity contribution in [2.45, 2.75) is 33.4 Å². The third-order valence-corrected chi connectivity index (χ3v) is 4.17. The summed E-state index contributed by atoms with van der Waals surface area (Å²) in [5.74, 6) is -1.19. The molecule has 0 aliphatic heterocycles. The maximum atomic E-state index is 11.9. The minimum absolute atomic E-state index is 0.141. The monoisotopic (exact) mass is 394 g/mol. The van der Waals surface area contributed by atoms with E-state index in [4.69, 9.17) is 16.3 Å². The van der Waals surface area contributed by atoms with Crippen LogP contribution >= 0.6 is 11.6 Å². The van der Waals surface area contributed by atoms with Gasteiger partial charge in [-0.05, 0) is 38.5 Å². The third kappa shape index (κ3) is 5.27. The molecule has 2 rings (SSSR count). The van der Waals surface area contributed by atoms with Crippen LogP contribution in [0.25, 0.3) is 0 Å². The lowest BCUT2D eigenvalue weighted by molar-refractivity contribution is -0.386. The van der Waals surface area contributed by atoms with Gasteiger partial charge in [-0.25, -0.2) is 0 Å². The maximum Gasteiger partial charge on any atom is 0.328 e. The van der Waals surface area contributed by atoms with E-state index >= 15 is 0 Å². The number of hydrogen-bond donors (Lipinski definition) is 1. The summed E-state index contributed by atoms with van der Waals surface area (Å²) >= 11 is 5.82. The normalized spacial score (nSPS) is 11.7. The predicted octanol–water partition coefficient (Wildman–Crippen LogP) is 2.48. The highest BCUT2D eigenvalue weighted by Crippen LogP contribution is 2.21. The Balaban J connectivity index is 1.86. The smallest absolute Gasteiger partial charge is 0.328 e. The summed E-state index contributed by atoms with van der Waals surface area (Å²) in [5.41, 5.74) is 1.17. The molecule has 1 atom stereocenters. The van der Waals surface area contributed by atoms with E-state index in [9.17, 15) is 19.7 Å². The molecule has 2 aromatic rings. The first kappa shape index (κ1) is 20.4. The fourth-order valence-corrected chi connectivity index (χ4v) is 2.66. The summed E-state index contributed by atoms with van der Waals surface area (Å²) < 4.78 is 6.11. The first-order valence-corrected chi connectivity index (χ1v) is 8.45. The summed E-state index contributed by atoms with van der Waals surface area (Å²) in [6.07, 6.45) is 0. The predicted molar refractivity (Wildman–Crippen MR) is 97.3 cm³/mol. The lowest BCUT2D eigenvalue weighted by Gasteiger charge is -2.14. The van der Waals surface area contributed by atoms with E-state index in [1.165, 1.54) is 18.5 Å². The van der Waals surface area contributed by atoms with Crippen molar-refractivity contribution in [3.63, 3.8) is 0 Å². The summed E-state index contributed by atoms with van der Waals surface area (Å²) in [6.45, 7) is 3.99. The standard InChI is InChI=1S/C17H19ClN4O5/c1-10(13-4-6-14(18)7-5-13)19-15(23)9-27-16(24)8-21-12(3)17(22(25)26)11(2)20-21/h4-7,10H,8-9H2,1-3H3,(H,19,23)/t10-/m0/s1. The van der Waals surface area contributed by atoms with E-state index in [2.05, 4.69) is 10.4 Å². The molecule has 0 spiro atoms. The van der Waals surface area contributed by atoms with Crippen LogP contribution in [0, 0.1) is 24.0 Å². The lowest BCUT2D eigenvalue weighted by Crippen LogP contribution is -2.31. The highest BCUT2D eigenvalue weighted by Gasteiger charge is 2.23. The van der Waals surface area contributed by atoms with Crippen molar-refractivity contribution in [3.8, 4) is 0 Å². The first-order valence-electron chi connectivity index (χ1n) is 8.08. The van der Waals surface area contributed by atoms with Crippen LogP contribution in [0.4, 0.5) is 5.69 Å². The van der Waals surface area contributed by atoms with Crippen LogP contribution in [-0.2, 0) is 20.9 Å². The third-order valence-electron chi connectivity index (χ3n) is 3.92. The average molecular weight is 395 g/mol. The molecule has 1 aromatic heterocycles. The van der Waals surface area contributed by atoms with Gasteiger partial charge in [-0.2, -0.15) is 5.10 Å². The number of hydrogen-bond acceptors (Lipinski definition) is 6. The van der Waals surface area contributed by atoms with Gasteiger partial charge in [-0.1, -0.05) is 23.7 Å². The van der Waals surface area contributed by atoms with E-state index in [1.807, 2.05) is 0 Å². The Kier molecular flexibility index (Phi) is 6.51. The van der Waals surface area contributed by atoms with Gasteiger partial charge in [0.2, 0.25) is 0 Å². The number of nitro groups is 1. The molecule has 1 amide bonds. The number of carbonyl (C=O) groups is 2. The largest absolute Gasteiger partial charge is 0.454 e. The molecular weight excluding hydrogens is 376 g/mol. The van der Waals surface area contributed by atoms with Crippen molar-refractivity contribution < 1.29 is 19.2 Å². The van der Waals surface area contributed by atoms with Crippen molar-refractivity contribution in [3.05, 3.63) is 56.4 Å². The number of aromatic nitrogens is 2. The van der Waals surface area contributed by atoms with Gasteiger partial charge in [0.05, 0.1) is 11.0 Å². The van der Waals surface area contributed by atoms with E-state index in [0.29, 0.717) is 5.02 Å². The maximum absolute atomic E-state index is 11.9. The van der Waals surface area contributed by atoms with Gasteiger partial charge in [0.1, 0.15) is 17.9 Å². The van der Waals surface area contributed by atoms with Gasteiger partial charge in [-0.3, -0.25) is 24.4 Å². The van der Waals surface area contributed by atoms with Crippen LogP contribution in [0.1, 0.15) is 29.9 Å². The number of rotatable bonds is 7. The molecule has 0 saturated heterocycles. The fraction of sp³-hybridized carbons (Fsp3) is 0.353. The van der Waals surface area contributed by atoms with Crippen molar-refractivity contribution in [1.29, 1.82) is 0 Å². The second-order valence-corrected chi connectivity index (χ2v) is 6.37. The quantitative estimate of drug-likeness (QED) is 0.438. The second kappa shape index (κ2) is 8.63. The molecule has 0 unspecified atom stereocenters. The molecule has 1 aromatic carbocycles. The summed E-state index contributed by atoms with van der Waals surface area (Å²) in [7, 11) is 0. The van der Waals surface area contributed by atoms with Crippen LogP contribution in [0.5, 0.6) is 0 Å². The Labute approximate surface area is 160 Å². The molecule has 9 nitrogen and oxygen atoms in total. The first-order chi connectivity index (χ1) is 12.7. The van der Waals surface area contributed by atoms with E-state index in [1.54, 1.807) is 31.2 Å². The zero-order valence-electron chi connectivity index (χ0n) is 15.1. The molecule has 0 aliphatic rings. The zero-order chi connectivity index (χ0) is 20.1. The van der Waals surface area contributed by atoms with Crippen molar-refractivity contribution in [2.24, 2.45) is 0 Å². The molecule has 0 bridgehead atoms. The number of amides is 1. The molecule has 27 heavy (non-hydrogen) atoms. The number of ether oxygens (including phenoxy) is 1. The topological polar surface area (TPSA) is 116 Å². The molecule has 0 radical (unpaired) electrons. The van der Waals surface area contributed by atoms with Crippen LogP contribution in [-0.4, -0.2) is 33.2 Å². The Morgan fingerprint density at radius 3 is 2.52 bits per heavy atom. The van der Waals surface area contributed by atoms with Gasteiger partial charge in [-0.15, -0.1) is 0 Å². The zero-order valence-corrected chi connectivity index (χ0v) is 15.8. The lowest BCUT2D eigenvalue weighted by atomic mass is 10.1. The minimum Gasteiger partial charge on any atom is -0.454 e. The van der Waals surface area contributed by atoms with Gasteiger partial charge < -0.3 is 10.1 Å². The van der Waals surface area contributed by atoms with Gasteiger partial charge >= 0.3 is 11.7 Å². The molecule has 144 valence electrons. The molecular formula is C17H19ClN4O5. The van der Waals surface area contributed by atoms with Crippen LogP contribution in [0.3, 0.4) is 0 Å². The number of nitrogens with zero attached hydrogens (tertiary/aromatic N) is 3. The van der Waals surface area contributed by atoms with Crippen LogP contribution < -0.4 is 5.32 Å². The van der Waals surface area contributed by atoms with E-state index in [0.717, 1.165) is 5.56 Å². The molecule has 0 saturated carbocycles.